The predicted molar refractivity (Wildman–Crippen MR) is 95.2 cm³/mol. The topological polar surface area (TPSA) is 72.2 Å². The Hall–Kier alpha value is -1.85. The molecule has 0 aliphatic heterocycles. The summed E-state index contributed by atoms with van der Waals surface area (Å²) in [7, 11) is 0. The Bertz CT molecular complexity index is 695. The van der Waals surface area contributed by atoms with Crippen molar-refractivity contribution in [3.05, 3.63) is 51.4 Å². The molecule has 0 bridgehead atoms. The fraction of sp³-hybridized carbons (Fsp3) is 0.294. The number of carbonyl (C=O) groups is 2. The van der Waals surface area contributed by atoms with Crippen molar-refractivity contribution in [1.29, 1.82) is 0 Å². The number of nitrogens with one attached hydrogen (secondary N) is 1. The standard InChI is InChI=1S/C17H19ClN2O2S/c1-2-13-10-14(16(19)22)17(23-13)20-15(21)5-3-4-11-6-8-12(18)9-7-11/h6-10H,2-5H2,1H3,(H2,19,22)(H,20,21). The molecule has 0 saturated heterocycles. The first-order valence-electron chi connectivity index (χ1n) is 7.46. The Morgan fingerprint density at radius 1 is 1.26 bits per heavy atom. The number of hydrogen-bond acceptors (Lipinski definition) is 3. The van der Waals surface area contributed by atoms with Gasteiger partial charge in [-0.05, 0) is 43.0 Å². The molecule has 0 spiro atoms. The summed E-state index contributed by atoms with van der Waals surface area (Å²) in [6.07, 6.45) is 2.72. The fourth-order valence-corrected chi connectivity index (χ4v) is 3.33. The van der Waals surface area contributed by atoms with Crippen LogP contribution < -0.4 is 11.1 Å². The van der Waals surface area contributed by atoms with Gasteiger partial charge in [0.15, 0.2) is 0 Å². The molecule has 4 nitrogen and oxygen atoms in total. The van der Waals surface area contributed by atoms with Crippen molar-refractivity contribution >= 4 is 39.8 Å². The third-order valence-corrected chi connectivity index (χ3v) is 4.88. The molecule has 0 unspecified atom stereocenters. The van der Waals surface area contributed by atoms with Crippen molar-refractivity contribution in [3.63, 3.8) is 0 Å². The molecular formula is C17H19ClN2O2S. The van der Waals surface area contributed by atoms with E-state index >= 15 is 0 Å². The molecule has 0 aliphatic carbocycles. The highest BCUT2D eigenvalue weighted by Gasteiger charge is 2.15. The van der Waals surface area contributed by atoms with Gasteiger partial charge in [0.2, 0.25) is 5.91 Å². The summed E-state index contributed by atoms with van der Waals surface area (Å²) in [5.41, 5.74) is 6.88. The Kier molecular flexibility index (Phi) is 6.19. The molecule has 3 N–H and O–H groups in total. The second-order valence-corrected chi connectivity index (χ2v) is 6.77. The summed E-state index contributed by atoms with van der Waals surface area (Å²) in [6, 6.07) is 9.34. The van der Waals surface area contributed by atoms with E-state index in [1.165, 1.54) is 11.3 Å². The van der Waals surface area contributed by atoms with Gasteiger partial charge in [-0.1, -0.05) is 30.7 Å². The van der Waals surface area contributed by atoms with Crippen molar-refractivity contribution < 1.29 is 9.59 Å². The fourth-order valence-electron chi connectivity index (χ4n) is 2.19. The molecule has 2 rings (SSSR count). The van der Waals surface area contributed by atoms with Gasteiger partial charge in [-0.25, -0.2) is 0 Å². The van der Waals surface area contributed by atoms with Crippen molar-refractivity contribution in [1.82, 2.24) is 0 Å². The molecule has 0 saturated carbocycles. The normalized spacial score (nSPS) is 10.5. The first-order valence-corrected chi connectivity index (χ1v) is 8.66. The monoisotopic (exact) mass is 350 g/mol. The molecule has 23 heavy (non-hydrogen) atoms. The van der Waals surface area contributed by atoms with Crippen LogP contribution in [0.15, 0.2) is 30.3 Å². The molecule has 2 aromatic rings. The molecule has 0 fully saturated rings. The number of rotatable bonds is 7. The van der Waals surface area contributed by atoms with E-state index in [4.69, 9.17) is 17.3 Å². The van der Waals surface area contributed by atoms with Gasteiger partial charge in [0.05, 0.1) is 5.56 Å². The largest absolute Gasteiger partial charge is 0.366 e. The van der Waals surface area contributed by atoms with Crippen molar-refractivity contribution in [2.24, 2.45) is 5.73 Å². The quantitative estimate of drug-likeness (QED) is 0.791. The van der Waals surface area contributed by atoms with Gasteiger partial charge in [0.1, 0.15) is 5.00 Å². The van der Waals surface area contributed by atoms with Gasteiger partial charge in [-0.2, -0.15) is 0 Å². The van der Waals surface area contributed by atoms with Gasteiger partial charge in [-0.15, -0.1) is 11.3 Å². The number of primary amides is 1. The molecule has 2 amide bonds. The Morgan fingerprint density at radius 2 is 1.96 bits per heavy atom. The lowest BCUT2D eigenvalue weighted by molar-refractivity contribution is -0.116. The summed E-state index contributed by atoms with van der Waals surface area (Å²) < 4.78 is 0. The maximum absolute atomic E-state index is 12.1. The van der Waals surface area contributed by atoms with Crippen molar-refractivity contribution in [3.8, 4) is 0 Å². The Balaban J connectivity index is 1.88. The molecular weight excluding hydrogens is 332 g/mol. The van der Waals surface area contributed by atoms with E-state index in [1.54, 1.807) is 6.07 Å². The van der Waals surface area contributed by atoms with E-state index < -0.39 is 5.91 Å². The minimum atomic E-state index is -0.516. The van der Waals surface area contributed by atoms with Crippen LogP contribution >= 0.6 is 22.9 Å². The number of hydrogen-bond donors (Lipinski definition) is 2. The van der Waals surface area contributed by atoms with Crippen LogP contribution in [0.5, 0.6) is 0 Å². The van der Waals surface area contributed by atoms with Gasteiger partial charge >= 0.3 is 0 Å². The molecule has 0 radical (unpaired) electrons. The molecule has 6 heteroatoms. The lowest BCUT2D eigenvalue weighted by atomic mass is 10.1. The number of halogens is 1. The molecule has 122 valence electrons. The first kappa shape index (κ1) is 17.5. The SMILES string of the molecule is CCc1cc(C(N)=O)c(NC(=O)CCCc2ccc(Cl)cc2)s1. The van der Waals surface area contributed by atoms with Crippen LogP contribution in [0, 0.1) is 0 Å². The lowest BCUT2D eigenvalue weighted by Gasteiger charge is -2.05. The van der Waals surface area contributed by atoms with E-state index in [0.717, 1.165) is 29.7 Å². The average Bonchev–Trinajstić information content (AvgIpc) is 2.92. The van der Waals surface area contributed by atoms with Crippen LogP contribution in [0.3, 0.4) is 0 Å². The summed E-state index contributed by atoms with van der Waals surface area (Å²) >= 11 is 7.24. The number of aryl methyl sites for hydroxylation is 2. The maximum atomic E-state index is 12.1. The van der Waals surface area contributed by atoms with Crippen molar-refractivity contribution in [2.75, 3.05) is 5.32 Å². The zero-order chi connectivity index (χ0) is 16.8. The number of amides is 2. The molecule has 1 heterocycles. The van der Waals surface area contributed by atoms with Crippen LogP contribution in [0.25, 0.3) is 0 Å². The highest BCUT2D eigenvalue weighted by atomic mass is 35.5. The predicted octanol–water partition coefficient (Wildman–Crippen LogP) is 4.02. The summed E-state index contributed by atoms with van der Waals surface area (Å²) in [4.78, 5) is 24.5. The van der Waals surface area contributed by atoms with Crippen LogP contribution in [0.4, 0.5) is 5.00 Å². The van der Waals surface area contributed by atoms with E-state index in [9.17, 15) is 9.59 Å². The minimum Gasteiger partial charge on any atom is -0.366 e. The zero-order valence-corrected chi connectivity index (χ0v) is 14.5. The summed E-state index contributed by atoms with van der Waals surface area (Å²) in [5.74, 6) is -0.622. The van der Waals surface area contributed by atoms with E-state index in [0.29, 0.717) is 22.0 Å². The maximum Gasteiger partial charge on any atom is 0.251 e. The van der Waals surface area contributed by atoms with Gasteiger partial charge in [0, 0.05) is 16.3 Å². The second kappa shape index (κ2) is 8.13. The van der Waals surface area contributed by atoms with E-state index in [2.05, 4.69) is 5.32 Å². The smallest absolute Gasteiger partial charge is 0.251 e. The number of carbonyl (C=O) groups excluding carboxylic acids is 2. The van der Waals surface area contributed by atoms with Crippen LogP contribution in [-0.4, -0.2) is 11.8 Å². The highest BCUT2D eigenvalue weighted by molar-refractivity contribution is 7.16. The van der Waals surface area contributed by atoms with Crippen LogP contribution in [0.2, 0.25) is 5.02 Å². The summed E-state index contributed by atoms with van der Waals surface area (Å²) in [6.45, 7) is 1.99. The Morgan fingerprint density at radius 3 is 2.57 bits per heavy atom. The second-order valence-electron chi connectivity index (χ2n) is 5.20. The Labute approximate surface area is 144 Å². The molecule has 1 aromatic carbocycles. The average molecular weight is 351 g/mol. The lowest BCUT2D eigenvalue weighted by Crippen LogP contribution is -2.16. The minimum absolute atomic E-state index is 0.106. The van der Waals surface area contributed by atoms with E-state index in [1.807, 2.05) is 31.2 Å². The zero-order valence-electron chi connectivity index (χ0n) is 12.9. The van der Waals surface area contributed by atoms with Gasteiger partial charge < -0.3 is 11.1 Å². The number of thiophene rings is 1. The third-order valence-electron chi connectivity index (χ3n) is 3.43. The third kappa shape index (κ3) is 5.08. The molecule has 0 atom stereocenters. The van der Waals surface area contributed by atoms with Crippen molar-refractivity contribution in [2.45, 2.75) is 32.6 Å². The van der Waals surface area contributed by atoms with E-state index in [-0.39, 0.29) is 5.91 Å². The molecule has 1 aromatic heterocycles. The summed E-state index contributed by atoms with van der Waals surface area (Å²) in [5, 5.41) is 4.05. The number of anilines is 1. The number of nitrogens with two attached hydrogens (primary N) is 1. The van der Waals surface area contributed by atoms with Crippen LogP contribution in [-0.2, 0) is 17.6 Å². The molecule has 0 aliphatic rings. The van der Waals surface area contributed by atoms with Crippen LogP contribution in [0.1, 0.15) is 40.6 Å². The van der Waals surface area contributed by atoms with Gasteiger partial charge in [0.25, 0.3) is 5.91 Å². The highest BCUT2D eigenvalue weighted by Crippen LogP contribution is 2.28. The van der Waals surface area contributed by atoms with Gasteiger partial charge in [-0.3, -0.25) is 9.59 Å². The first-order chi connectivity index (χ1) is 11.0. The number of benzene rings is 1.